The number of nitrogens with one attached hydrogen (secondary N) is 2. The SMILES string of the molecule is Cc1cc(C[C@@H](C)NC(=O)c2csc(Cc3ccccc3)n2)n[nH]1. The number of hydrogen-bond acceptors (Lipinski definition) is 4. The van der Waals surface area contributed by atoms with E-state index in [9.17, 15) is 4.79 Å². The molecule has 2 heterocycles. The standard InChI is InChI=1S/C18H20N4OS/c1-12(8-15-9-13(2)21-22-15)19-18(23)16-11-24-17(20-16)10-14-6-4-3-5-7-14/h3-7,9,11-12H,8,10H2,1-2H3,(H,19,23)(H,21,22)/t12-/m1/s1. The molecule has 2 aromatic heterocycles. The first-order valence-corrected chi connectivity index (χ1v) is 8.78. The summed E-state index contributed by atoms with van der Waals surface area (Å²) < 4.78 is 0. The third-order valence-corrected chi connectivity index (χ3v) is 4.48. The van der Waals surface area contributed by atoms with Crippen LogP contribution in [0.5, 0.6) is 0 Å². The van der Waals surface area contributed by atoms with Crippen LogP contribution in [0.3, 0.4) is 0 Å². The predicted molar refractivity (Wildman–Crippen MR) is 95.3 cm³/mol. The van der Waals surface area contributed by atoms with Gasteiger partial charge in [0.15, 0.2) is 0 Å². The number of amides is 1. The second kappa shape index (κ2) is 7.40. The zero-order chi connectivity index (χ0) is 16.9. The van der Waals surface area contributed by atoms with E-state index in [2.05, 4.69) is 32.6 Å². The molecule has 0 radical (unpaired) electrons. The first-order valence-electron chi connectivity index (χ1n) is 7.90. The molecule has 0 fully saturated rings. The summed E-state index contributed by atoms with van der Waals surface area (Å²) in [5, 5.41) is 12.9. The number of hydrogen-bond donors (Lipinski definition) is 2. The molecule has 3 rings (SSSR count). The third kappa shape index (κ3) is 4.29. The average Bonchev–Trinajstić information content (AvgIpc) is 3.17. The van der Waals surface area contributed by atoms with E-state index >= 15 is 0 Å². The molecule has 0 saturated carbocycles. The number of aryl methyl sites for hydroxylation is 1. The lowest BCUT2D eigenvalue weighted by Crippen LogP contribution is -2.34. The monoisotopic (exact) mass is 340 g/mol. The maximum Gasteiger partial charge on any atom is 0.270 e. The predicted octanol–water partition coefficient (Wildman–Crippen LogP) is 3.13. The Morgan fingerprint density at radius 3 is 2.83 bits per heavy atom. The number of carbonyl (C=O) groups excluding carboxylic acids is 1. The number of aromatic nitrogens is 3. The van der Waals surface area contributed by atoms with Crippen LogP contribution in [0.25, 0.3) is 0 Å². The molecule has 1 aromatic carbocycles. The van der Waals surface area contributed by atoms with Gasteiger partial charge in [-0.1, -0.05) is 30.3 Å². The highest BCUT2D eigenvalue weighted by Gasteiger charge is 2.14. The Balaban J connectivity index is 1.57. The zero-order valence-electron chi connectivity index (χ0n) is 13.7. The van der Waals surface area contributed by atoms with Gasteiger partial charge in [0.2, 0.25) is 0 Å². The van der Waals surface area contributed by atoms with Gasteiger partial charge in [0.25, 0.3) is 5.91 Å². The molecule has 124 valence electrons. The number of benzene rings is 1. The van der Waals surface area contributed by atoms with Crippen molar-refractivity contribution < 1.29 is 4.79 Å². The third-order valence-electron chi connectivity index (χ3n) is 3.63. The molecular formula is C18H20N4OS. The van der Waals surface area contributed by atoms with E-state index in [0.29, 0.717) is 12.1 Å². The number of rotatable bonds is 6. The summed E-state index contributed by atoms with van der Waals surface area (Å²) in [6.07, 6.45) is 1.44. The van der Waals surface area contributed by atoms with Crippen molar-refractivity contribution in [2.45, 2.75) is 32.7 Å². The van der Waals surface area contributed by atoms with Crippen LogP contribution in [0, 0.1) is 6.92 Å². The van der Waals surface area contributed by atoms with Gasteiger partial charge in [0.1, 0.15) is 5.69 Å². The maximum absolute atomic E-state index is 12.3. The fraction of sp³-hybridized carbons (Fsp3) is 0.278. The Hall–Kier alpha value is -2.47. The number of H-pyrrole nitrogens is 1. The van der Waals surface area contributed by atoms with Crippen LogP contribution >= 0.6 is 11.3 Å². The lowest BCUT2D eigenvalue weighted by molar-refractivity contribution is 0.0935. The highest BCUT2D eigenvalue weighted by molar-refractivity contribution is 7.09. The van der Waals surface area contributed by atoms with Crippen molar-refractivity contribution in [3.8, 4) is 0 Å². The van der Waals surface area contributed by atoms with Gasteiger partial charge in [-0.15, -0.1) is 11.3 Å². The topological polar surface area (TPSA) is 70.7 Å². The quantitative estimate of drug-likeness (QED) is 0.724. The number of thiazole rings is 1. The summed E-state index contributed by atoms with van der Waals surface area (Å²) in [5.74, 6) is -0.134. The zero-order valence-corrected chi connectivity index (χ0v) is 14.6. The van der Waals surface area contributed by atoms with Crippen LogP contribution in [-0.2, 0) is 12.8 Å². The molecule has 0 spiro atoms. The molecular weight excluding hydrogens is 320 g/mol. The number of aromatic amines is 1. The fourth-order valence-corrected chi connectivity index (χ4v) is 3.32. The molecule has 1 amide bonds. The van der Waals surface area contributed by atoms with Crippen LogP contribution in [-0.4, -0.2) is 27.1 Å². The highest BCUT2D eigenvalue weighted by Crippen LogP contribution is 2.15. The lowest BCUT2D eigenvalue weighted by atomic mass is 10.1. The maximum atomic E-state index is 12.3. The summed E-state index contributed by atoms with van der Waals surface area (Å²) in [7, 11) is 0. The fourth-order valence-electron chi connectivity index (χ4n) is 2.51. The Morgan fingerprint density at radius 1 is 1.33 bits per heavy atom. The Labute approximate surface area is 145 Å². The molecule has 3 aromatic rings. The van der Waals surface area contributed by atoms with Crippen LogP contribution in [0.1, 0.15) is 39.4 Å². The first kappa shape index (κ1) is 16.4. The number of carbonyl (C=O) groups is 1. The van der Waals surface area contributed by atoms with Crippen molar-refractivity contribution >= 4 is 17.2 Å². The summed E-state index contributed by atoms with van der Waals surface area (Å²) in [6.45, 7) is 3.93. The first-order chi connectivity index (χ1) is 11.6. The summed E-state index contributed by atoms with van der Waals surface area (Å²) >= 11 is 1.52. The van der Waals surface area contributed by atoms with Gasteiger partial charge < -0.3 is 5.32 Å². The van der Waals surface area contributed by atoms with Crippen molar-refractivity contribution in [1.29, 1.82) is 0 Å². The summed E-state index contributed by atoms with van der Waals surface area (Å²) in [6, 6.07) is 12.1. The smallest absolute Gasteiger partial charge is 0.270 e. The van der Waals surface area contributed by atoms with Gasteiger partial charge in [0, 0.05) is 30.0 Å². The molecule has 0 unspecified atom stereocenters. The molecule has 1 atom stereocenters. The van der Waals surface area contributed by atoms with Crippen molar-refractivity contribution in [3.05, 3.63) is 69.4 Å². The average molecular weight is 340 g/mol. The van der Waals surface area contributed by atoms with E-state index in [1.807, 2.05) is 43.5 Å². The van der Waals surface area contributed by atoms with Crippen LogP contribution in [0.15, 0.2) is 41.8 Å². The van der Waals surface area contributed by atoms with E-state index in [1.165, 1.54) is 16.9 Å². The minimum absolute atomic E-state index is 0.000488. The second-order valence-corrected chi connectivity index (χ2v) is 6.85. The second-order valence-electron chi connectivity index (χ2n) is 5.91. The van der Waals surface area contributed by atoms with Crippen LogP contribution in [0.2, 0.25) is 0 Å². The van der Waals surface area contributed by atoms with Gasteiger partial charge in [-0.2, -0.15) is 5.10 Å². The van der Waals surface area contributed by atoms with Crippen molar-refractivity contribution in [1.82, 2.24) is 20.5 Å². The van der Waals surface area contributed by atoms with E-state index in [0.717, 1.165) is 22.8 Å². The molecule has 0 aliphatic carbocycles. The van der Waals surface area contributed by atoms with Crippen molar-refractivity contribution in [3.63, 3.8) is 0 Å². The van der Waals surface area contributed by atoms with E-state index in [1.54, 1.807) is 0 Å². The van der Waals surface area contributed by atoms with Gasteiger partial charge in [0.05, 0.1) is 10.7 Å². The molecule has 6 heteroatoms. The molecule has 5 nitrogen and oxygen atoms in total. The van der Waals surface area contributed by atoms with Crippen LogP contribution in [0.4, 0.5) is 0 Å². The van der Waals surface area contributed by atoms with E-state index < -0.39 is 0 Å². The highest BCUT2D eigenvalue weighted by atomic mass is 32.1. The van der Waals surface area contributed by atoms with Crippen LogP contribution < -0.4 is 5.32 Å². The Morgan fingerprint density at radius 2 is 2.12 bits per heavy atom. The molecule has 24 heavy (non-hydrogen) atoms. The Bertz CT molecular complexity index is 809. The minimum atomic E-state index is -0.134. The molecule has 0 aliphatic rings. The Kier molecular flexibility index (Phi) is 5.05. The normalized spacial score (nSPS) is 12.1. The molecule has 2 N–H and O–H groups in total. The van der Waals surface area contributed by atoms with Gasteiger partial charge in [-0.3, -0.25) is 9.89 Å². The minimum Gasteiger partial charge on any atom is -0.348 e. The summed E-state index contributed by atoms with van der Waals surface area (Å²) in [4.78, 5) is 16.8. The molecule has 0 bridgehead atoms. The summed E-state index contributed by atoms with van der Waals surface area (Å²) in [5.41, 5.74) is 3.65. The van der Waals surface area contributed by atoms with Gasteiger partial charge in [-0.05, 0) is 25.5 Å². The largest absolute Gasteiger partial charge is 0.348 e. The lowest BCUT2D eigenvalue weighted by Gasteiger charge is -2.11. The molecule has 0 saturated heterocycles. The van der Waals surface area contributed by atoms with Crippen molar-refractivity contribution in [2.75, 3.05) is 0 Å². The van der Waals surface area contributed by atoms with E-state index in [4.69, 9.17) is 0 Å². The van der Waals surface area contributed by atoms with Gasteiger partial charge >= 0.3 is 0 Å². The van der Waals surface area contributed by atoms with Gasteiger partial charge in [-0.25, -0.2) is 4.98 Å². The number of nitrogens with zero attached hydrogens (tertiary/aromatic N) is 2. The van der Waals surface area contributed by atoms with E-state index in [-0.39, 0.29) is 11.9 Å². The van der Waals surface area contributed by atoms with Crippen molar-refractivity contribution in [2.24, 2.45) is 0 Å². The molecule has 0 aliphatic heterocycles.